The normalized spacial score (nSPS) is 11.8. The number of amides is 1. The highest BCUT2D eigenvalue weighted by Crippen LogP contribution is 2.22. The third kappa shape index (κ3) is 4.06. The van der Waals surface area contributed by atoms with E-state index in [1.165, 1.54) is 11.8 Å². The first-order valence-electron chi connectivity index (χ1n) is 8.22. The van der Waals surface area contributed by atoms with Gasteiger partial charge in [-0.3, -0.25) is 4.79 Å². The van der Waals surface area contributed by atoms with Crippen LogP contribution in [-0.4, -0.2) is 24.2 Å². The Balaban J connectivity index is 1.68. The third-order valence-electron chi connectivity index (χ3n) is 4.00. The minimum absolute atomic E-state index is 0.365. The smallest absolute Gasteiger partial charge is 0.340 e. The van der Waals surface area contributed by atoms with Gasteiger partial charge in [0.05, 0.1) is 5.56 Å². The molecule has 0 aromatic heterocycles. The lowest BCUT2D eigenvalue weighted by Gasteiger charge is -2.15. The van der Waals surface area contributed by atoms with Crippen molar-refractivity contribution in [2.24, 2.45) is 0 Å². The van der Waals surface area contributed by atoms with Crippen molar-refractivity contribution in [3.05, 3.63) is 72.3 Å². The van der Waals surface area contributed by atoms with Gasteiger partial charge < -0.3 is 10.1 Å². The van der Waals surface area contributed by atoms with Crippen LogP contribution in [0.2, 0.25) is 0 Å². The topological polar surface area (TPSA) is 55.4 Å². The molecule has 5 heteroatoms. The number of nitrogens with one attached hydrogen (secondary N) is 1. The number of hydrogen-bond acceptors (Lipinski definition) is 4. The number of fused-ring (bicyclic) bond motifs is 1. The van der Waals surface area contributed by atoms with Gasteiger partial charge in [-0.1, -0.05) is 42.5 Å². The number of rotatable bonds is 5. The standard InChI is InChI=1S/C21H19NO3S/c1-14(25-21(24)18-9-5-6-10-19(18)26-2)20(23)22-17-12-11-15-7-3-4-8-16(15)13-17/h3-14H,1-2H3,(H,22,23)/t14-/m0/s1. The Labute approximate surface area is 156 Å². The molecule has 0 fully saturated rings. The van der Waals surface area contributed by atoms with Gasteiger partial charge in [0.25, 0.3) is 5.91 Å². The Morgan fingerprint density at radius 1 is 0.962 bits per heavy atom. The molecule has 3 aromatic carbocycles. The Kier molecular flexibility index (Phi) is 5.58. The number of carbonyl (C=O) groups excluding carboxylic acids is 2. The van der Waals surface area contributed by atoms with Gasteiger partial charge in [0.2, 0.25) is 0 Å². The van der Waals surface area contributed by atoms with Gasteiger partial charge in [0, 0.05) is 10.6 Å². The van der Waals surface area contributed by atoms with E-state index in [-0.39, 0.29) is 5.91 Å². The first-order valence-corrected chi connectivity index (χ1v) is 9.44. The molecule has 1 amide bonds. The molecule has 0 radical (unpaired) electrons. The van der Waals surface area contributed by atoms with Crippen LogP contribution in [-0.2, 0) is 9.53 Å². The fourth-order valence-corrected chi connectivity index (χ4v) is 3.19. The molecule has 3 rings (SSSR count). The summed E-state index contributed by atoms with van der Waals surface area (Å²) in [6.07, 6.45) is 0.992. The first-order chi connectivity index (χ1) is 12.6. The molecular formula is C21H19NO3S. The molecule has 132 valence electrons. The predicted molar refractivity (Wildman–Crippen MR) is 106 cm³/mol. The lowest BCUT2D eigenvalue weighted by molar-refractivity contribution is -0.123. The zero-order chi connectivity index (χ0) is 18.5. The fourth-order valence-electron chi connectivity index (χ4n) is 2.60. The van der Waals surface area contributed by atoms with Gasteiger partial charge >= 0.3 is 5.97 Å². The Morgan fingerprint density at radius 3 is 2.42 bits per heavy atom. The fraction of sp³-hybridized carbons (Fsp3) is 0.143. The summed E-state index contributed by atoms with van der Waals surface area (Å²) in [6, 6.07) is 20.7. The summed E-state index contributed by atoms with van der Waals surface area (Å²) in [4.78, 5) is 25.5. The number of ether oxygens (including phenoxy) is 1. The molecule has 0 saturated carbocycles. The molecular weight excluding hydrogens is 346 g/mol. The molecule has 0 unspecified atom stereocenters. The SMILES string of the molecule is CSc1ccccc1C(=O)O[C@@H](C)C(=O)Nc1ccc2ccccc2c1. The van der Waals surface area contributed by atoms with Crippen LogP contribution in [0.3, 0.4) is 0 Å². The summed E-state index contributed by atoms with van der Waals surface area (Å²) in [5.41, 5.74) is 1.13. The number of hydrogen-bond donors (Lipinski definition) is 1. The van der Waals surface area contributed by atoms with E-state index in [4.69, 9.17) is 4.74 Å². The van der Waals surface area contributed by atoms with Crippen LogP contribution in [0.25, 0.3) is 10.8 Å². The van der Waals surface area contributed by atoms with Crippen LogP contribution in [0.4, 0.5) is 5.69 Å². The van der Waals surface area contributed by atoms with Crippen molar-refractivity contribution in [3.8, 4) is 0 Å². The van der Waals surface area contributed by atoms with Gasteiger partial charge in [-0.25, -0.2) is 4.79 Å². The summed E-state index contributed by atoms with van der Waals surface area (Å²) >= 11 is 1.46. The monoisotopic (exact) mass is 365 g/mol. The second-order valence-electron chi connectivity index (χ2n) is 5.80. The van der Waals surface area contributed by atoms with E-state index in [1.807, 2.05) is 60.9 Å². The van der Waals surface area contributed by atoms with E-state index in [2.05, 4.69) is 5.32 Å². The lowest BCUT2D eigenvalue weighted by atomic mass is 10.1. The number of carbonyl (C=O) groups is 2. The molecule has 3 aromatic rings. The van der Waals surface area contributed by atoms with Gasteiger partial charge in [-0.05, 0) is 48.2 Å². The van der Waals surface area contributed by atoms with E-state index in [9.17, 15) is 9.59 Å². The van der Waals surface area contributed by atoms with Gasteiger partial charge in [0.1, 0.15) is 0 Å². The Morgan fingerprint density at radius 2 is 1.65 bits per heavy atom. The Bertz CT molecular complexity index is 955. The molecule has 1 N–H and O–H groups in total. The molecule has 0 spiro atoms. The first kappa shape index (κ1) is 18.0. The third-order valence-corrected chi connectivity index (χ3v) is 4.79. The molecule has 0 aliphatic carbocycles. The highest BCUT2D eigenvalue weighted by Gasteiger charge is 2.20. The van der Waals surface area contributed by atoms with E-state index in [1.54, 1.807) is 19.1 Å². The number of anilines is 1. The average Bonchev–Trinajstić information content (AvgIpc) is 2.67. The van der Waals surface area contributed by atoms with E-state index >= 15 is 0 Å². The molecule has 1 atom stereocenters. The van der Waals surface area contributed by atoms with E-state index in [0.717, 1.165) is 15.7 Å². The van der Waals surface area contributed by atoms with Crippen LogP contribution in [0.5, 0.6) is 0 Å². The van der Waals surface area contributed by atoms with Gasteiger partial charge in [-0.15, -0.1) is 11.8 Å². The molecule has 26 heavy (non-hydrogen) atoms. The van der Waals surface area contributed by atoms with Gasteiger partial charge in [-0.2, -0.15) is 0 Å². The van der Waals surface area contributed by atoms with Crippen molar-refractivity contribution < 1.29 is 14.3 Å². The lowest BCUT2D eigenvalue weighted by Crippen LogP contribution is -2.30. The largest absolute Gasteiger partial charge is 0.449 e. The summed E-state index contributed by atoms with van der Waals surface area (Å²) in [6.45, 7) is 1.57. The van der Waals surface area contributed by atoms with Crippen molar-refractivity contribution >= 4 is 40.1 Å². The summed E-state index contributed by atoms with van der Waals surface area (Å²) in [7, 11) is 0. The highest BCUT2D eigenvalue weighted by atomic mass is 32.2. The van der Waals surface area contributed by atoms with Crippen LogP contribution in [0, 0.1) is 0 Å². The molecule has 0 heterocycles. The number of esters is 1. The van der Waals surface area contributed by atoms with Crippen LogP contribution in [0.1, 0.15) is 17.3 Å². The maximum Gasteiger partial charge on any atom is 0.340 e. The number of thioether (sulfide) groups is 1. The van der Waals surface area contributed by atoms with Crippen LogP contribution >= 0.6 is 11.8 Å². The average molecular weight is 365 g/mol. The van der Waals surface area contributed by atoms with Crippen molar-refractivity contribution in [1.82, 2.24) is 0 Å². The maximum absolute atomic E-state index is 12.4. The highest BCUT2D eigenvalue weighted by molar-refractivity contribution is 7.98. The summed E-state index contributed by atoms with van der Waals surface area (Å²) < 4.78 is 5.34. The minimum atomic E-state index is -0.899. The maximum atomic E-state index is 12.4. The second-order valence-corrected chi connectivity index (χ2v) is 6.65. The van der Waals surface area contributed by atoms with Crippen molar-refractivity contribution in [3.63, 3.8) is 0 Å². The zero-order valence-electron chi connectivity index (χ0n) is 14.6. The molecule has 0 aliphatic heterocycles. The second kappa shape index (κ2) is 8.06. The quantitative estimate of drug-likeness (QED) is 0.524. The molecule has 0 bridgehead atoms. The predicted octanol–water partition coefficient (Wildman–Crippen LogP) is 4.75. The molecule has 0 aliphatic rings. The van der Waals surface area contributed by atoms with E-state index < -0.39 is 12.1 Å². The van der Waals surface area contributed by atoms with Crippen molar-refractivity contribution in [2.45, 2.75) is 17.9 Å². The molecule has 0 saturated heterocycles. The zero-order valence-corrected chi connectivity index (χ0v) is 15.4. The number of benzene rings is 3. The van der Waals surface area contributed by atoms with Crippen LogP contribution < -0.4 is 5.32 Å². The summed E-state index contributed by atoms with van der Waals surface area (Å²) in [5.74, 6) is -0.869. The van der Waals surface area contributed by atoms with Crippen LogP contribution in [0.15, 0.2) is 71.6 Å². The Hall–Kier alpha value is -2.79. The van der Waals surface area contributed by atoms with Gasteiger partial charge in [0.15, 0.2) is 6.10 Å². The van der Waals surface area contributed by atoms with Crippen molar-refractivity contribution in [2.75, 3.05) is 11.6 Å². The molecule has 4 nitrogen and oxygen atoms in total. The minimum Gasteiger partial charge on any atom is -0.449 e. The summed E-state index contributed by atoms with van der Waals surface area (Å²) in [5, 5.41) is 4.93. The van der Waals surface area contributed by atoms with Crippen molar-refractivity contribution in [1.29, 1.82) is 0 Å². The van der Waals surface area contributed by atoms with E-state index in [0.29, 0.717) is 11.3 Å².